The highest BCUT2D eigenvalue weighted by molar-refractivity contribution is 7.14. The zero-order valence-electron chi connectivity index (χ0n) is 15.1. The molecule has 0 radical (unpaired) electrons. The van der Waals surface area contributed by atoms with Crippen LogP contribution in [-0.2, 0) is 13.1 Å². The Morgan fingerprint density at radius 3 is 2.79 bits per heavy atom. The van der Waals surface area contributed by atoms with E-state index in [1.54, 1.807) is 5.01 Å². The minimum atomic E-state index is -0.744. The molecule has 0 unspecified atom stereocenters. The third-order valence-corrected chi connectivity index (χ3v) is 5.45. The van der Waals surface area contributed by atoms with E-state index in [1.165, 1.54) is 16.8 Å². The molecule has 0 aliphatic carbocycles. The number of amides is 1. The summed E-state index contributed by atoms with van der Waals surface area (Å²) >= 11 is 1.05. The van der Waals surface area contributed by atoms with Crippen molar-refractivity contribution in [3.8, 4) is 16.3 Å². The van der Waals surface area contributed by atoms with E-state index in [-0.39, 0.29) is 34.9 Å². The van der Waals surface area contributed by atoms with Crippen LogP contribution in [-0.4, -0.2) is 37.3 Å². The van der Waals surface area contributed by atoms with Gasteiger partial charge in [0.2, 0.25) is 5.43 Å². The Morgan fingerprint density at radius 1 is 1.28 bits per heavy atom. The Bertz CT molecular complexity index is 1180. The number of aromatic nitrogens is 3. The molecule has 0 saturated heterocycles. The lowest BCUT2D eigenvalue weighted by atomic mass is 10.1. The number of carbonyl (C=O) groups is 1. The number of fused-ring (bicyclic) bond motifs is 1. The molecule has 0 bridgehead atoms. The van der Waals surface area contributed by atoms with Crippen LogP contribution in [0, 0.1) is 11.6 Å². The van der Waals surface area contributed by atoms with Crippen molar-refractivity contribution in [1.29, 1.82) is 0 Å². The van der Waals surface area contributed by atoms with Crippen molar-refractivity contribution < 1.29 is 18.7 Å². The number of nitrogens with zero attached hydrogens (tertiary/aromatic N) is 4. The second-order valence-electron chi connectivity index (χ2n) is 6.39. The number of hydrazine groups is 1. The van der Waals surface area contributed by atoms with E-state index in [4.69, 9.17) is 0 Å². The van der Waals surface area contributed by atoms with Crippen molar-refractivity contribution in [3.05, 3.63) is 62.5 Å². The summed E-state index contributed by atoms with van der Waals surface area (Å²) in [5.74, 6) is -2.62. The van der Waals surface area contributed by atoms with Crippen LogP contribution in [0.2, 0.25) is 0 Å². The summed E-state index contributed by atoms with van der Waals surface area (Å²) in [6.45, 7) is 2.62. The average molecular weight is 419 g/mol. The molecular weight excluding hydrogens is 404 g/mol. The van der Waals surface area contributed by atoms with E-state index < -0.39 is 28.7 Å². The summed E-state index contributed by atoms with van der Waals surface area (Å²) in [4.78, 5) is 24.8. The van der Waals surface area contributed by atoms with Gasteiger partial charge in [-0.3, -0.25) is 15.0 Å². The molecule has 1 amide bonds. The van der Waals surface area contributed by atoms with E-state index >= 15 is 0 Å². The van der Waals surface area contributed by atoms with Crippen LogP contribution in [0.25, 0.3) is 10.6 Å². The van der Waals surface area contributed by atoms with Crippen LogP contribution in [0.4, 0.5) is 8.78 Å². The molecule has 1 aromatic carbocycles. The number of aromatic hydroxyl groups is 1. The van der Waals surface area contributed by atoms with Crippen molar-refractivity contribution in [1.82, 2.24) is 25.2 Å². The molecule has 0 spiro atoms. The maximum Gasteiger partial charge on any atom is 0.286 e. The molecule has 0 fully saturated rings. The van der Waals surface area contributed by atoms with Crippen LogP contribution in [0.5, 0.6) is 5.75 Å². The topological polar surface area (TPSA) is 100 Å². The number of carbonyl (C=O) groups excluding carboxylic acids is 1. The van der Waals surface area contributed by atoms with Gasteiger partial charge in [0, 0.05) is 25.2 Å². The molecule has 11 heteroatoms. The van der Waals surface area contributed by atoms with Crippen LogP contribution in [0.1, 0.15) is 28.0 Å². The number of hydrogen-bond acceptors (Lipinski definition) is 7. The van der Waals surface area contributed by atoms with Crippen molar-refractivity contribution in [2.45, 2.75) is 20.0 Å². The van der Waals surface area contributed by atoms with Gasteiger partial charge in [0.25, 0.3) is 5.91 Å². The highest BCUT2D eigenvalue weighted by Gasteiger charge is 2.28. The number of rotatable bonds is 4. The van der Waals surface area contributed by atoms with Gasteiger partial charge < -0.3 is 9.67 Å². The fraction of sp³-hybridized carbons (Fsp3) is 0.222. The normalized spacial score (nSPS) is 14.0. The van der Waals surface area contributed by atoms with E-state index in [2.05, 4.69) is 15.6 Å². The van der Waals surface area contributed by atoms with Crippen LogP contribution < -0.4 is 10.9 Å². The lowest BCUT2D eigenvalue weighted by Gasteiger charge is -2.30. The van der Waals surface area contributed by atoms with Crippen LogP contribution in [0.3, 0.4) is 0 Å². The smallest absolute Gasteiger partial charge is 0.286 e. The molecule has 1 aliphatic rings. The first kappa shape index (κ1) is 19.2. The Balaban J connectivity index is 1.70. The van der Waals surface area contributed by atoms with Crippen molar-refractivity contribution in [2.24, 2.45) is 0 Å². The summed E-state index contributed by atoms with van der Waals surface area (Å²) in [7, 11) is 0. The van der Waals surface area contributed by atoms with E-state index in [9.17, 15) is 23.5 Å². The first-order valence-electron chi connectivity index (χ1n) is 8.66. The maximum atomic E-state index is 13.9. The molecule has 0 atom stereocenters. The van der Waals surface area contributed by atoms with Gasteiger partial charge in [-0.25, -0.2) is 13.8 Å². The van der Waals surface area contributed by atoms with Crippen molar-refractivity contribution in [3.63, 3.8) is 0 Å². The number of halogens is 2. The van der Waals surface area contributed by atoms with Gasteiger partial charge in [-0.1, -0.05) is 24.3 Å². The molecule has 3 aromatic rings. The first-order valence-corrected chi connectivity index (χ1v) is 9.48. The maximum absolute atomic E-state index is 13.9. The lowest BCUT2D eigenvalue weighted by Crippen LogP contribution is -2.49. The fourth-order valence-corrected chi connectivity index (χ4v) is 3.88. The first-order chi connectivity index (χ1) is 13.9. The standard InChI is InChI=1S/C18H15F2N5O3S/c1-2-25-8-24-7-11(15(26)16(27)14(24)17(28)23-25)18-22-21-13(29-18)5-9-3-4-10(19)6-12(9)20/h3-4,6-7,27H,2,5,8H2,1H3,(H,23,28). The zero-order valence-corrected chi connectivity index (χ0v) is 16.0. The van der Waals surface area contributed by atoms with Gasteiger partial charge >= 0.3 is 0 Å². The fourth-order valence-electron chi connectivity index (χ4n) is 3.01. The number of benzene rings is 1. The van der Waals surface area contributed by atoms with Crippen LogP contribution >= 0.6 is 11.3 Å². The average Bonchev–Trinajstić information content (AvgIpc) is 3.14. The number of pyridine rings is 1. The molecule has 4 rings (SSSR count). The Morgan fingerprint density at radius 2 is 2.07 bits per heavy atom. The quantitative estimate of drug-likeness (QED) is 0.670. The molecule has 0 saturated carbocycles. The Kier molecular flexibility index (Phi) is 4.84. The Labute approximate surface area is 167 Å². The molecule has 2 aromatic heterocycles. The number of nitrogens with one attached hydrogen (secondary N) is 1. The lowest BCUT2D eigenvalue weighted by molar-refractivity contribution is 0.0628. The monoisotopic (exact) mass is 419 g/mol. The van der Waals surface area contributed by atoms with E-state index in [0.29, 0.717) is 11.6 Å². The third kappa shape index (κ3) is 3.49. The van der Waals surface area contributed by atoms with E-state index in [0.717, 1.165) is 23.5 Å². The molecular formula is C18H15F2N5O3S. The van der Waals surface area contributed by atoms with Gasteiger partial charge in [-0.05, 0) is 11.6 Å². The summed E-state index contributed by atoms with van der Waals surface area (Å²) < 4.78 is 28.4. The molecule has 2 N–H and O–H groups in total. The molecule has 3 heterocycles. The van der Waals surface area contributed by atoms with Crippen LogP contribution in [0.15, 0.2) is 29.2 Å². The minimum absolute atomic E-state index is 0.0774. The molecule has 29 heavy (non-hydrogen) atoms. The largest absolute Gasteiger partial charge is 0.503 e. The van der Waals surface area contributed by atoms with Gasteiger partial charge in [0.05, 0.1) is 12.2 Å². The summed E-state index contributed by atoms with van der Waals surface area (Å²) in [6.07, 6.45) is 1.52. The minimum Gasteiger partial charge on any atom is -0.503 e. The SMILES string of the molecule is CCN1Cn2cc(-c3nnc(Cc4ccc(F)cc4F)s3)c(=O)c(O)c2C(=O)N1. The highest BCUT2D eigenvalue weighted by atomic mass is 32.1. The van der Waals surface area contributed by atoms with Crippen molar-refractivity contribution in [2.75, 3.05) is 6.54 Å². The molecule has 150 valence electrons. The summed E-state index contributed by atoms with van der Waals surface area (Å²) in [5.41, 5.74) is 2.04. The summed E-state index contributed by atoms with van der Waals surface area (Å²) in [6, 6.07) is 3.26. The van der Waals surface area contributed by atoms with Gasteiger partial charge in [0.1, 0.15) is 16.6 Å². The van der Waals surface area contributed by atoms with Gasteiger partial charge in [-0.2, -0.15) is 0 Å². The predicted molar refractivity (Wildman–Crippen MR) is 100 cm³/mol. The molecule has 8 nitrogen and oxygen atoms in total. The Hall–Kier alpha value is -3.18. The second kappa shape index (κ2) is 7.33. The van der Waals surface area contributed by atoms with Gasteiger partial charge in [-0.15, -0.1) is 10.2 Å². The van der Waals surface area contributed by atoms with Crippen molar-refractivity contribution >= 4 is 17.2 Å². The predicted octanol–water partition coefficient (Wildman–Crippen LogP) is 1.88. The zero-order chi connectivity index (χ0) is 20.7. The highest BCUT2D eigenvalue weighted by Crippen LogP contribution is 2.27. The van der Waals surface area contributed by atoms with E-state index in [1.807, 2.05) is 6.92 Å². The third-order valence-electron chi connectivity index (χ3n) is 4.49. The van der Waals surface area contributed by atoms with Gasteiger partial charge in [0.15, 0.2) is 16.5 Å². The summed E-state index contributed by atoms with van der Waals surface area (Å²) in [5, 5.41) is 20.5. The number of hydrogen-bond donors (Lipinski definition) is 2. The second-order valence-corrected chi connectivity index (χ2v) is 7.45. The molecule has 1 aliphatic heterocycles.